The highest BCUT2D eigenvalue weighted by molar-refractivity contribution is 8.00. The molecule has 0 aliphatic carbocycles. The van der Waals surface area contributed by atoms with Crippen molar-refractivity contribution in [1.82, 2.24) is 9.97 Å². The highest BCUT2D eigenvalue weighted by Crippen LogP contribution is 2.34. The van der Waals surface area contributed by atoms with Crippen molar-refractivity contribution in [2.75, 3.05) is 19.6 Å². The van der Waals surface area contributed by atoms with Crippen LogP contribution in [0.15, 0.2) is 40.6 Å². The summed E-state index contributed by atoms with van der Waals surface area (Å²) in [6.07, 6.45) is 1.90. The first kappa shape index (κ1) is 22.0. The molecule has 2 rings (SSSR count). The average Bonchev–Trinajstić information content (AvgIpc) is 2.66. The van der Waals surface area contributed by atoms with E-state index in [-0.39, 0.29) is 10.7 Å². The SMILES string of the molecule is COc1cc(OC)nc(SC(C=NNc2ccc(C(C)C)cc2)C(C)(C)C)n1. The molecule has 0 fully saturated rings. The molecular formula is C21H30N4O2S. The molecule has 2 aromatic rings. The summed E-state index contributed by atoms with van der Waals surface area (Å²) in [5, 5.41) is 5.09. The summed E-state index contributed by atoms with van der Waals surface area (Å²) in [5.41, 5.74) is 5.33. The molecule has 1 aromatic heterocycles. The fourth-order valence-electron chi connectivity index (χ4n) is 2.31. The quantitative estimate of drug-likeness (QED) is 0.282. The second-order valence-corrected chi connectivity index (χ2v) is 8.92. The van der Waals surface area contributed by atoms with E-state index < -0.39 is 0 Å². The van der Waals surface area contributed by atoms with Crippen molar-refractivity contribution in [1.29, 1.82) is 0 Å². The van der Waals surface area contributed by atoms with Crippen molar-refractivity contribution in [3.63, 3.8) is 0 Å². The van der Waals surface area contributed by atoms with E-state index in [0.29, 0.717) is 22.8 Å². The van der Waals surface area contributed by atoms with Crippen LogP contribution in [0.4, 0.5) is 5.69 Å². The van der Waals surface area contributed by atoms with Crippen LogP contribution < -0.4 is 14.9 Å². The summed E-state index contributed by atoms with van der Waals surface area (Å²) in [4.78, 5) is 8.83. The predicted molar refractivity (Wildman–Crippen MR) is 117 cm³/mol. The molecule has 0 aliphatic rings. The molecule has 6 nitrogen and oxygen atoms in total. The van der Waals surface area contributed by atoms with E-state index in [1.54, 1.807) is 20.3 Å². The highest BCUT2D eigenvalue weighted by Gasteiger charge is 2.26. The molecule has 0 saturated carbocycles. The lowest BCUT2D eigenvalue weighted by Gasteiger charge is -2.26. The first-order chi connectivity index (χ1) is 13.2. The molecule has 7 heteroatoms. The number of rotatable bonds is 8. The number of hydrogen-bond donors (Lipinski definition) is 1. The lowest BCUT2D eigenvalue weighted by molar-refractivity contribution is 0.364. The molecular weight excluding hydrogens is 372 g/mol. The molecule has 0 radical (unpaired) electrons. The molecule has 28 heavy (non-hydrogen) atoms. The van der Waals surface area contributed by atoms with E-state index in [0.717, 1.165) is 5.69 Å². The van der Waals surface area contributed by atoms with Gasteiger partial charge in [0.15, 0.2) is 5.16 Å². The van der Waals surface area contributed by atoms with Gasteiger partial charge in [0.05, 0.1) is 31.2 Å². The molecule has 1 N–H and O–H groups in total. The molecule has 1 unspecified atom stereocenters. The molecule has 0 aliphatic heterocycles. The summed E-state index contributed by atoms with van der Waals surface area (Å²) in [7, 11) is 3.15. The Morgan fingerprint density at radius 3 is 2.07 bits per heavy atom. The zero-order valence-electron chi connectivity index (χ0n) is 17.7. The van der Waals surface area contributed by atoms with Gasteiger partial charge in [0.2, 0.25) is 11.8 Å². The molecule has 0 bridgehead atoms. The number of nitrogens with one attached hydrogen (secondary N) is 1. The number of hydrogen-bond acceptors (Lipinski definition) is 7. The Kier molecular flexibility index (Phi) is 7.69. The van der Waals surface area contributed by atoms with Crippen LogP contribution in [0.3, 0.4) is 0 Å². The third kappa shape index (κ3) is 6.41. The lowest BCUT2D eigenvalue weighted by atomic mass is 9.92. The summed E-state index contributed by atoms with van der Waals surface area (Å²) in [6.45, 7) is 10.8. The van der Waals surface area contributed by atoms with E-state index in [4.69, 9.17) is 9.47 Å². The Hall–Kier alpha value is -2.28. The Bertz CT molecular complexity index is 764. The minimum absolute atomic E-state index is 0.0446. The number of ether oxygens (including phenoxy) is 2. The number of nitrogens with zero attached hydrogens (tertiary/aromatic N) is 3. The van der Waals surface area contributed by atoms with Crippen LogP contribution in [0, 0.1) is 5.41 Å². The van der Waals surface area contributed by atoms with Crippen molar-refractivity contribution >= 4 is 23.7 Å². The Morgan fingerprint density at radius 1 is 1.04 bits per heavy atom. The number of anilines is 1. The van der Waals surface area contributed by atoms with Gasteiger partial charge in [-0.3, -0.25) is 5.43 Å². The van der Waals surface area contributed by atoms with Gasteiger partial charge in [0.25, 0.3) is 0 Å². The van der Waals surface area contributed by atoms with E-state index in [9.17, 15) is 0 Å². The maximum Gasteiger partial charge on any atom is 0.220 e. The van der Waals surface area contributed by atoms with Gasteiger partial charge < -0.3 is 9.47 Å². The van der Waals surface area contributed by atoms with Crippen LogP contribution in [0.2, 0.25) is 0 Å². The largest absolute Gasteiger partial charge is 0.481 e. The van der Waals surface area contributed by atoms with Crippen molar-refractivity contribution in [3.8, 4) is 11.8 Å². The van der Waals surface area contributed by atoms with E-state index in [1.165, 1.54) is 17.3 Å². The predicted octanol–water partition coefficient (Wildman–Crippen LogP) is 5.22. The zero-order chi connectivity index (χ0) is 20.7. The minimum Gasteiger partial charge on any atom is -0.481 e. The molecule has 1 aromatic carbocycles. The molecule has 1 heterocycles. The first-order valence-electron chi connectivity index (χ1n) is 9.25. The van der Waals surface area contributed by atoms with Crippen LogP contribution in [0.5, 0.6) is 11.8 Å². The lowest BCUT2D eigenvalue weighted by Crippen LogP contribution is -2.25. The minimum atomic E-state index is -0.0446. The zero-order valence-corrected chi connectivity index (χ0v) is 18.5. The summed E-state index contributed by atoms with van der Waals surface area (Å²) in [5.74, 6) is 1.46. The smallest absolute Gasteiger partial charge is 0.220 e. The molecule has 0 spiro atoms. The molecule has 0 amide bonds. The van der Waals surface area contributed by atoms with Gasteiger partial charge in [-0.15, -0.1) is 0 Å². The summed E-state index contributed by atoms with van der Waals surface area (Å²) < 4.78 is 10.5. The van der Waals surface area contributed by atoms with E-state index >= 15 is 0 Å². The Balaban J connectivity index is 2.12. The van der Waals surface area contributed by atoms with Gasteiger partial charge in [-0.25, -0.2) is 0 Å². The van der Waals surface area contributed by atoms with Gasteiger partial charge >= 0.3 is 0 Å². The molecule has 152 valence electrons. The van der Waals surface area contributed by atoms with Gasteiger partial charge in [-0.1, -0.05) is 58.5 Å². The Morgan fingerprint density at radius 2 is 1.61 bits per heavy atom. The standard InChI is InChI=1S/C21H30N4O2S/c1-14(2)15-8-10-16(11-9-15)25-22-13-17(21(3,4)5)28-20-23-18(26-6)12-19(24-20)27-7/h8-14,17,25H,1-7H3. The normalized spacial score (nSPS) is 13.0. The van der Waals surface area contributed by atoms with Crippen LogP contribution in [0.25, 0.3) is 0 Å². The maximum absolute atomic E-state index is 5.24. The molecule has 0 saturated heterocycles. The van der Waals surface area contributed by atoms with Crippen molar-refractivity contribution < 1.29 is 9.47 Å². The van der Waals surface area contributed by atoms with Crippen molar-refractivity contribution in [2.24, 2.45) is 10.5 Å². The number of benzene rings is 1. The topological polar surface area (TPSA) is 68.6 Å². The molecule has 1 atom stereocenters. The van der Waals surface area contributed by atoms with Crippen LogP contribution >= 0.6 is 11.8 Å². The average molecular weight is 403 g/mol. The van der Waals surface area contributed by atoms with Crippen molar-refractivity contribution in [3.05, 3.63) is 35.9 Å². The van der Waals surface area contributed by atoms with Gasteiger partial charge in [0.1, 0.15) is 0 Å². The third-order valence-electron chi connectivity index (χ3n) is 4.14. The fraction of sp³-hybridized carbons (Fsp3) is 0.476. The summed E-state index contributed by atoms with van der Waals surface area (Å²) >= 11 is 1.52. The second-order valence-electron chi connectivity index (χ2n) is 7.81. The Labute approximate surface area is 172 Å². The van der Waals surface area contributed by atoms with Crippen molar-refractivity contribution in [2.45, 2.75) is 50.9 Å². The van der Waals surface area contributed by atoms with Gasteiger partial charge in [-0.05, 0) is 29.0 Å². The van der Waals surface area contributed by atoms with Crippen LogP contribution in [-0.4, -0.2) is 35.7 Å². The van der Waals surface area contributed by atoms with E-state index in [1.807, 2.05) is 18.3 Å². The van der Waals surface area contributed by atoms with Crippen LogP contribution in [0.1, 0.15) is 46.1 Å². The first-order valence-corrected chi connectivity index (χ1v) is 10.1. The maximum atomic E-state index is 5.24. The summed E-state index contributed by atoms with van der Waals surface area (Å²) in [6, 6.07) is 9.99. The number of methoxy groups -OCH3 is 2. The fourth-order valence-corrected chi connectivity index (χ4v) is 3.30. The second kappa shape index (κ2) is 9.78. The highest BCUT2D eigenvalue weighted by atomic mass is 32.2. The number of thioether (sulfide) groups is 1. The monoisotopic (exact) mass is 402 g/mol. The van der Waals surface area contributed by atoms with Gasteiger partial charge in [0, 0.05) is 6.21 Å². The van der Waals surface area contributed by atoms with Crippen LogP contribution in [-0.2, 0) is 0 Å². The number of hydrazone groups is 1. The third-order valence-corrected chi connectivity index (χ3v) is 5.62. The number of aromatic nitrogens is 2. The van der Waals surface area contributed by atoms with E-state index in [2.05, 4.69) is 67.2 Å². The van der Waals surface area contributed by atoms with Gasteiger partial charge in [-0.2, -0.15) is 15.1 Å².